The Morgan fingerprint density at radius 1 is 1.38 bits per heavy atom. The number of aliphatic hydroxyl groups excluding tert-OH is 1. The molecule has 94 valence electrons. The van der Waals surface area contributed by atoms with Crippen LogP contribution in [0.25, 0.3) is 0 Å². The molecule has 0 amide bonds. The first-order valence-electron chi connectivity index (χ1n) is 6.65. The summed E-state index contributed by atoms with van der Waals surface area (Å²) in [7, 11) is 0. The van der Waals surface area contributed by atoms with Crippen molar-refractivity contribution in [1.82, 2.24) is 4.90 Å². The number of aliphatic hydroxyl groups is 1. The maximum Gasteiger partial charge on any atom is 0.0586 e. The maximum atomic E-state index is 9.31. The van der Waals surface area contributed by atoms with Gasteiger partial charge >= 0.3 is 0 Å². The average molecular weight is 226 g/mol. The highest BCUT2D eigenvalue weighted by molar-refractivity contribution is 4.96. The van der Waals surface area contributed by atoms with Gasteiger partial charge in [-0.05, 0) is 43.6 Å². The number of hydrogen-bond acceptors (Lipinski definition) is 3. The summed E-state index contributed by atoms with van der Waals surface area (Å²) in [6.07, 6.45) is 4.89. The van der Waals surface area contributed by atoms with Crippen LogP contribution >= 0.6 is 0 Å². The Kier molecular flexibility index (Phi) is 3.57. The SMILES string of the molecule is CC1(C)CCC(CN2CCCC2CO)C1N. The molecule has 3 atom stereocenters. The van der Waals surface area contributed by atoms with E-state index in [1.54, 1.807) is 0 Å². The summed E-state index contributed by atoms with van der Waals surface area (Å²) in [5.41, 5.74) is 6.64. The van der Waals surface area contributed by atoms with Crippen LogP contribution in [0.1, 0.15) is 39.5 Å². The topological polar surface area (TPSA) is 49.5 Å². The lowest BCUT2D eigenvalue weighted by molar-refractivity contribution is 0.134. The molecule has 2 fully saturated rings. The van der Waals surface area contributed by atoms with Gasteiger partial charge in [0.25, 0.3) is 0 Å². The Labute approximate surface area is 99.0 Å². The van der Waals surface area contributed by atoms with Crippen molar-refractivity contribution in [3.8, 4) is 0 Å². The van der Waals surface area contributed by atoms with Crippen LogP contribution in [0, 0.1) is 11.3 Å². The van der Waals surface area contributed by atoms with Crippen LogP contribution in [0.5, 0.6) is 0 Å². The molecule has 0 bridgehead atoms. The fourth-order valence-electron chi connectivity index (χ4n) is 3.39. The second kappa shape index (κ2) is 4.63. The van der Waals surface area contributed by atoms with Crippen LogP contribution in [-0.2, 0) is 0 Å². The van der Waals surface area contributed by atoms with Crippen molar-refractivity contribution in [3.63, 3.8) is 0 Å². The Balaban J connectivity index is 1.91. The summed E-state index contributed by atoms with van der Waals surface area (Å²) in [4.78, 5) is 2.45. The average Bonchev–Trinajstić information content (AvgIpc) is 2.78. The van der Waals surface area contributed by atoms with Crippen LogP contribution in [0.2, 0.25) is 0 Å². The third-order valence-corrected chi connectivity index (χ3v) is 4.75. The lowest BCUT2D eigenvalue weighted by atomic mass is 9.85. The van der Waals surface area contributed by atoms with E-state index in [1.807, 2.05) is 0 Å². The van der Waals surface area contributed by atoms with Gasteiger partial charge in [-0.1, -0.05) is 13.8 Å². The Morgan fingerprint density at radius 3 is 2.69 bits per heavy atom. The normalized spacial score (nSPS) is 39.4. The van der Waals surface area contributed by atoms with E-state index in [-0.39, 0.29) is 0 Å². The zero-order valence-electron chi connectivity index (χ0n) is 10.7. The molecular weight excluding hydrogens is 200 g/mol. The van der Waals surface area contributed by atoms with Crippen LogP contribution in [0.4, 0.5) is 0 Å². The minimum Gasteiger partial charge on any atom is -0.395 e. The Hall–Kier alpha value is -0.120. The van der Waals surface area contributed by atoms with E-state index in [0.717, 1.165) is 19.5 Å². The molecule has 1 saturated carbocycles. The van der Waals surface area contributed by atoms with E-state index >= 15 is 0 Å². The molecule has 16 heavy (non-hydrogen) atoms. The molecule has 0 radical (unpaired) electrons. The van der Waals surface area contributed by atoms with Gasteiger partial charge in [0.15, 0.2) is 0 Å². The van der Waals surface area contributed by atoms with Gasteiger partial charge in [0, 0.05) is 18.6 Å². The molecule has 0 aromatic rings. The highest BCUT2D eigenvalue weighted by atomic mass is 16.3. The molecule has 1 aliphatic heterocycles. The van der Waals surface area contributed by atoms with Gasteiger partial charge in [-0.25, -0.2) is 0 Å². The fraction of sp³-hybridized carbons (Fsp3) is 1.00. The quantitative estimate of drug-likeness (QED) is 0.760. The third kappa shape index (κ3) is 2.27. The summed E-state index contributed by atoms with van der Waals surface area (Å²) in [6, 6.07) is 0.725. The molecule has 1 saturated heterocycles. The second-order valence-electron chi connectivity index (χ2n) is 6.29. The lowest BCUT2D eigenvalue weighted by Crippen LogP contribution is -2.44. The predicted octanol–water partition coefficient (Wildman–Crippen LogP) is 1.21. The van der Waals surface area contributed by atoms with Crippen molar-refractivity contribution in [3.05, 3.63) is 0 Å². The zero-order valence-corrected chi connectivity index (χ0v) is 10.7. The number of nitrogens with two attached hydrogens (primary N) is 1. The molecule has 3 nitrogen and oxygen atoms in total. The Bertz CT molecular complexity index is 242. The van der Waals surface area contributed by atoms with Crippen LogP contribution in [0.3, 0.4) is 0 Å². The molecule has 3 N–H and O–H groups in total. The highest BCUT2D eigenvalue weighted by Crippen LogP contribution is 2.40. The van der Waals surface area contributed by atoms with Crippen molar-refractivity contribution in [2.45, 2.75) is 51.6 Å². The van der Waals surface area contributed by atoms with Gasteiger partial charge in [0.05, 0.1) is 6.61 Å². The van der Waals surface area contributed by atoms with E-state index in [1.165, 1.54) is 19.3 Å². The van der Waals surface area contributed by atoms with Gasteiger partial charge in [-0.2, -0.15) is 0 Å². The Morgan fingerprint density at radius 2 is 2.12 bits per heavy atom. The lowest BCUT2D eigenvalue weighted by Gasteiger charge is -2.31. The summed E-state index contributed by atoms with van der Waals surface area (Å²) in [5.74, 6) is 0.627. The first kappa shape index (κ1) is 12.3. The van der Waals surface area contributed by atoms with Gasteiger partial charge in [0.2, 0.25) is 0 Å². The molecule has 0 aromatic carbocycles. The summed E-state index contributed by atoms with van der Waals surface area (Å²) >= 11 is 0. The number of likely N-dealkylation sites (tertiary alicyclic amines) is 1. The largest absolute Gasteiger partial charge is 0.395 e. The van der Waals surface area contributed by atoms with E-state index in [2.05, 4.69) is 18.7 Å². The van der Waals surface area contributed by atoms with E-state index in [9.17, 15) is 5.11 Å². The molecule has 2 aliphatic rings. The summed E-state index contributed by atoms with van der Waals surface area (Å²) in [5, 5.41) is 9.31. The second-order valence-corrected chi connectivity index (χ2v) is 6.29. The molecule has 3 unspecified atom stereocenters. The van der Waals surface area contributed by atoms with Gasteiger partial charge in [0.1, 0.15) is 0 Å². The molecule has 1 aliphatic carbocycles. The number of nitrogens with zero attached hydrogens (tertiary/aromatic N) is 1. The van der Waals surface area contributed by atoms with Crippen molar-refractivity contribution >= 4 is 0 Å². The zero-order chi connectivity index (χ0) is 11.8. The predicted molar refractivity (Wildman–Crippen MR) is 66.2 cm³/mol. The van der Waals surface area contributed by atoms with E-state index in [0.29, 0.717) is 30.0 Å². The van der Waals surface area contributed by atoms with Crippen LogP contribution in [0.15, 0.2) is 0 Å². The highest BCUT2D eigenvalue weighted by Gasteiger charge is 2.40. The smallest absolute Gasteiger partial charge is 0.0586 e. The molecule has 3 heteroatoms. The number of hydrogen-bond donors (Lipinski definition) is 2. The third-order valence-electron chi connectivity index (χ3n) is 4.75. The molecule has 0 aromatic heterocycles. The number of rotatable bonds is 3. The van der Waals surface area contributed by atoms with Crippen molar-refractivity contribution in [2.24, 2.45) is 17.1 Å². The van der Waals surface area contributed by atoms with Crippen molar-refractivity contribution in [1.29, 1.82) is 0 Å². The summed E-state index contributed by atoms with van der Waals surface area (Å²) < 4.78 is 0. The minimum absolute atomic E-state index is 0.305. The monoisotopic (exact) mass is 226 g/mol. The van der Waals surface area contributed by atoms with Gasteiger partial charge < -0.3 is 10.8 Å². The molecular formula is C13H26N2O. The molecule has 1 heterocycles. The standard InChI is InChI=1S/C13H26N2O/c1-13(2)6-5-10(12(13)14)8-15-7-3-4-11(15)9-16/h10-12,16H,3-9,14H2,1-2H3. The van der Waals surface area contributed by atoms with Gasteiger partial charge in [-0.3, -0.25) is 4.90 Å². The minimum atomic E-state index is 0.305. The first-order valence-corrected chi connectivity index (χ1v) is 6.65. The summed E-state index contributed by atoms with van der Waals surface area (Å²) in [6.45, 7) is 7.12. The van der Waals surface area contributed by atoms with Crippen molar-refractivity contribution in [2.75, 3.05) is 19.7 Å². The van der Waals surface area contributed by atoms with Gasteiger partial charge in [-0.15, -0.1) is 0 Å². The maximum absolute atomic E-state index is 9.31. The van der Waals surface area contributed by atoms with E-state index < -0.39 is 0 Å². The molecule has 2 rings (SSSR count). The fourth-order valence-corrected chi connectivity index (χ4v) is 3.39. The van der Waals surface area contributed by atoms with E-state index in [4.69, 9.17) is 5.73 Å². The first-order chi connectivity index (χ1) is 7.54. The molecule has 0 spiro atoms. The van der Waals surface area contributed by atoms with Crippen LogP contribution in [-0.4, -0.2) is 41.8 Å². The van der Waals surface area contributed by atoms with Crippen LogP contribution < -0.4 is 5.73 Å². The van der Waals surface area contributed by atoms with Crippen molar-refractivity contribution < 1.29 is 5.11 Å².